The summed E-state index contributed by atoms with van der Waals surface area (Å²) in [6.07, 6.45) is 1.60. The van der Waals surface area contributed by atoms with Crippen molar-refractivity contribution in [3.8, 4) is 0 Å². The summed E-state index contributed by atoms with van der Waals surface area (Å²) in [6.45, 7) is 2.33. The molecular formula is C15H16N2O3. The smallest absolute Gasteiger partial charge is 0.253 e. The number of benzene rings is 1. The second kappa shape index (κ2) is 5.61. The zero-order valence-corrected chi connectivity index (χ0v) is 11.4. The van der Waals surface area contributed by atoms with Gasteiger partial charge in [0.25, 0.3) is 5.91 Å². The number of furan rings is 1. The number of nitrogens with zero attached hydrogens (tertiary/aromatic N) is 1. The summed E-state index contributed by atoms with van der Waals surface area (Å²) in [5.74, 6) is 0.168. The van der Waals surface area contributed by atoms with Crippen LogP contribution in [-0.4, -0.2) is 23.8 Å². The third kappa shape index (κ3) is 2.88. The first-order chi connectivity index (χ1) is 9.49. The van der Waals surface area contributed by atoms with Crippen LogP contribution in [0.25, 0.3) is 0 Å². The van der Waals surface area contributed by atoms with Crippen molar-refractivity contribution in [2.75, 3.05) is 7.05 Å². The van der Waals surface area contributed by atoms with Crippen LogP contribution in [0.4, 0.5) is 0 Å². The average Bonchev–Trinajstić information content (AvgIpc) is 2.83. The van der Waals surface area contributed by atoms with Crippen LogP contribution in [0.3, 0.4) is 0 Å². The largest absolute Gasteiger partial charge is 0.469 e. The number of rotatable bonds is 4. The van der Waals surface area contributed by atoms with Crippen molar-refractivity contribution in [1.29, 1.82) is 0 Å². The molecule has 5 nitrogen and oxygen atoms in total. The number of carbonyl (C=O) groups excluding carboxylic acids is 2. The van der Waals surface area contributed by atoms with Crippen LogP contribution in [0.15, 0.2) is 41.0 Å². The molecule has 20 heavy (non-hydrogen) atoms. The van der Waals surface area contributed by atoms with Crippen molar-refractivity contribution in [2.45, 2.75) is 13.5 Å². The third-order valence-electron chi connectivity index (χ3n) is 3.14. The first-order valence-electron chi connectivity index (χ1n) is 6.17. The lowest BCUT2D eigenvalue weighted by atomic mass is 10.1. The van der Waals surface area contributed by atoms with Gasteiger partial charge in [0.1, 0.15) is 5.76 Å². The van der Waals surface area contributed by atoms with Gasteiger partial charge in [-0.3, -0.25) is 9.59 Å². The zero-order valence-electron chi connectivity index (χ0n) is 11.4. The Hall–Kier alpha value is -2.56. The highest BCUT2D eigenvalue weighted by Gasteiger charge is 2.14. The molecule has 0 atom stereocenters. The van der Waals surface area contributed by atoms with E-state index in [1.807, 2.05) is 13.0 Å². The van der Waals surface area contributed by atoms with Crippen molar-refractivity contribution in [3.05, 3.63) is 59.0 Å². The summed E-state index contributed by atoms with van der Waals surface area (Å²) < 4.78 is 5.20. The first kappa shape index (κ1) is 13.9. The van der Waals surface area contributed by atoms with Crippen LogP contribution in [-0.2, 0) is 6.54 Å². The predicted octanol–water partition coefficient (Wildman–Crippen LogP) is 1.96. The summed E-state index contributed by atoms with van der Waals surface area (Å²) in [4.78, 5) is 24.8. The molecule has 5 heteroatoms. The van der Waals surface area contributed by atoms with Crippen LogP contribution < -0.4 is 5.73 Å². The number of hydrogen-bond donors (Lipinski definition) is 1. The maximum Gasteiger partial charge on any atom is 0.253 e. The van der Waals surface area contributed by atoms with Gasteiger partial charge in [-0.1, -0.05) is 0 Å². The lowest BCUT2D eigenvalue weighted by molar-refractivity contribution is 0.0784. The molecule has 0 fully saturated rings. The van der Waals surface area contributed by atoms with Gasteiger partial charge in [-0.05, 0) is 37.3 Å². The minimum Gasteiger partial charge on any atom is -0.469 e. The van der Waals surface area contributed by atoms with Crippen LogP contribution in [0.5, 0.6) is 0 Å². The summed E-state index contributed by atoms with van der Waals surface area (Å²) in [6, 6.07) is 8.14. The van der Waals surface area contributed by atoms with Gasteiger partial charge in [0.05, 0.1) is 6.26 Å². The number of primary amides is 1. The fourth-order valence-corrected chi connectivity index (χ4v) is 1.90. The van der Waals surface area contributed by atoms with E-state index in [1.54, 1.807) is 42.5 Å². The number of nitrogens with two attached hydrogens (primary N) is 1. The molecule has 0 bridgehead atoms. The van der Waals surface area contributed by atoms with Crippen molar-refractivity contribution >= 4 is 11.8 Å². The molecule has 1 heterocycles. The van der Waals surface area contributed by atoms with Crippen LogP contribution in [0.2, 0.25) is 0 Å². The standard InChI is InChI=1S/C15H16N2O3/c1-10-13(7-8-20-10)9-17(2)15(19)12-5-3-11(4-6-12)14(16)18/h3-8H,9H2,1-2H3,(H2,16,18). The summed E-state index contributed by atoms with van der Waals surface area (Å²) in [5.41, 5.74) is 7.03. The van der Waals surface area contributed by atoms with Crippen molar-refractivity contribution in [2.24, 2.45) is 5.73 Å². The molecule has 2 N–H and O–H groups in total. The number of carbonyl (C=O) groups is 2. The Bertz CT molecular complexity index is 629. The molecule has 1 aromatic heterocycles. The molecule has 0 unspecified atom stereocenters. The van der Waals surface area contributed by atoms with E-state index in [9.17, 15) is 9.59 Å². The number of amides is 2. The van der Waals surface area contributed by atoms with E-state index in [4.69, 9.17) is 10.2 Å². The monoisotopic (exact) mass is 272 g/mol. The van der Waals surface area contributed by atoms with E-state index in [-0.39, 0.29) is 5.91 Å². The first-order valence-corrected chi connectivity index (χ1v) is 6.17. The summed E-state index contributed by atoms with van der Waals surface area (Å²) >= 11 is 0. The quantitative estimate of drug-likeness (QED) is 0.924. The van der Waals surface area contributed by atoms with Crippen molar-refractivity contribution in [3.63, 3.8) is 0 Å². The van der Waals surface area contributed by atoms with Gasteiger partial charge in [0.2, 0.25) is 5.91 Å². The Kier molecular flexibility index (Phi) is 3.89. The fourth-order valence-electron chi connectivity index (χ4n) is 1.90. The molecule has 0 saturated heterocycles. The Balaban J connectivity index is 2.10. The van der Waals surface area contributed by atoms with Crippen molar-refractivity contribution in [1.82, 2.24) is 4.90 Å². The molecule has 0 saturated carbocycles. The molecule has 0 radical (unpaired) electrons. The van der Waals surface area contributed by atoms with E-state index in [0.29, 0.717) is 17.7 Å². The van der Waals surface area contributed by atoms with Gasteiger partial charge < -0.3 is 15.1 Å². The van der Waals surface area contributed by atoms with Gasteiger partial charge in [0, 0.05) is 30.3 Å². The maximum absolute atomic E-state index is 12.2. The van der Waals surface area contributed by atoms with Crippen molar-refractivity contribution < 1.29 is 14.0 Å². The molecule has 0 aliphatic carbocycles. The second-order valence-corrected chi connectivity index (χ2v) is 4.60. The van der Waals surface area contributed by atoms with Gasteiger partial charge in [-0.25, -0.2) is 0 Å². The molecule has 0 spiro atoms. The molecule has 2 amide bonds. The van der Waals surface area contributed by atoms with E-state index in [2.05, 4.69) is 0 Å². The molecule has 0 aliphatic rings. The SMILES string of the molecule is Cc1occc1CN(C)C(=O)c1ccc(C(N)=O)cc1. The van der Waals surface area contributed by atoms with E-state index >= 15 is 0 Å². The van der Waals surface area contributed by atoms with Gasteiger partial charge in [-0.2, -0.15) is 0 Å². The van der Waals surface area contributed by atoms with E-state index < -0.39 is 5.91 Å². The third-order valence-corrected chi connectivity index (χ3v) is 3.14. The highest BCUT2D eigenvalue weighted by Crippen LogP contribution is 2.13. The van der Waals surface area contributed by atoms with Gasteiger partial charge in [0.15, 0.2) is 0 Å². The summed E-state index contributed by atoms with van der Waals surface area (Å²) in [5, 5.41) is 0. The molecule has 2 rings (SSSR count). The Morgan fingerprint density at radius 2 is 1.75 bits per heavy atom. The minimum absolute atomic E-state index is 0.123. The lowest BCUT2D eigenvalue weighted by Crippen LogP contribution is -2.26. The molecule has 104 valence electrons. The fraction of sp³-hybridized carbons (Fsp3) is 0.200. The Morgan fingerprint density at radius 1 is 1.15 bits per heavy atom. The molecule has 2 aromatic rings. The van der Waals surface area contributed by atoms with E-state index in [1.165, 1.54) is 0 Å². The van der Waals surface area contributed by atoms with Gasteiger partial charge in [-0.15, -0.1) is 0 Å². The topological polar surface area (TPSA) is 76.5 Å². The number of aryl methyl sites for hydroxylation is 1. The molecule has 1 aromatic carbocycles. The van der Waals surface area contributed by atoms with Gasteiger partial charge >= 0.3 is 0 Å². The highest BCUT2D eigenvalue weighted by atomic mass is 16.3. The average molecular weight is 272 g/mol. The Morgan fingerprint density at radius 3 is 2.25 bits per heavy atom. The second-order valence-electron chi connectivity index (χ2n) is 4.60. The number of hydrogen-bond acceptors (Lipinski definition) is 3. The van der Waals surface area contributed by atoms with Crippen LogP contribution >= 0.6 is 0 Å². The lowest BCUT2D eigenvalue weighted by Gasteiger charge is -2.16. The Labute approximate surface area is 117 Å². The maximum atomic E-state index is 12.2. The molecular weight excluding hydrogens is 256 g/mol. The van der Waals surface area contributed by atoms with Crippen LogP contribution in [0.1, 0.15) is 32.0 Å². The minimum atomic E-state index is -0.508. The van der Waals surface area contributed by atoms with Crippen LogP contribution in [0, 0.1) is 6.92 Å². The molecule has 0 aliphatic heterocycles. The summed E-state index contributed by atoms with van der Waals surface area (Å²) in [7, 11) is 1.72. The highest BCUT2D eigenvalue weighted by molar-refractivity contribution is 5.97. The van der Waals surface area contributed by atoms with E-state index in [0.717, 1.165) is 11.3 Å². The zero-order chi connectivity index (χ0) is 14.7. The normalized spacial score (nSPS) is 10.3. The predicted molar refractivity (Wildman–Crippen MR) is 74.2 cm³/mol.